The lowest BCUT2D eigenvalue weighted by molar-refractivity contribution is 0.203. The SMILES string of the molecule is CN(c1ncccc1C#N)C1CCN(Cc2ccccc2)CC1. The number of likely N-dealkylation sites (tertiary alicyclic amines) is 1. The molecule has 0 saturated carbocycles. The molecule has 0 unspecified atom stereocenters. The van der Waals surface area contributed by atoms with E-state index in [-0.39, 0.29) is 0 Å². The molecule has 0 bridgehead atoms. The number of benzene rings is 1. The fourth-order valence-electron chi connectivity index (χ4n) is 3.24. The highest BCUT2D eigenvalue weighted by atomic mass is 15.2. The second-order valence-electron chi connectivity index (χ2n) is 6.09. The number of hydrogen-bond acceptors (Lipinski definition) is 4. The first kappa shape index (κ1) is 15.5. The van der Waals surface area contributed by atoms with Crippen molar-refractivity contribution in [3.63, 3.8) is 0 Å². The minimum atomic E-state index is 0.448. The standard InChI is InChI=1S/C19H22N4/c1-22(19-17(14-20)8-5-11-21-19)18-9-12-23(13-10-18)15-16-6-3-2-4-7-16/h2-8,11,18H,9-10,12-13,15H2,1H3. The maximum absolute atomic E-state index is 9.25. The van der Waals surface area contributed by atoms with Crippen LogP contribution in [0.3, 0.4) is 0 Å². The summed E-state index contributed by atoms with van der Waals surface area (Å²) in [4.78, 5) is 9.08. The molecule has 0 spiro atoms. The Balaban J connectivity index is 1.59. The first-order valence-electron chi connectivity index (χ1n) is 8.12. The van der Waals surface area contributed by atoms with Crippen molar-refractivity contribution in [3.05, 3.63) is 59.8 Å². The van der Waals surface area contributed by atoms with Gasteiger partial charge in [-0.15, -0.1) is 0 Å². The van der Waals surface area contributed by atoms with Gasteiger partial charge in [0.15, 0.2) is 0 Å². The second-order valence-corrected chi connectivity index (χ2v) is 6.09. The molecule has 1 aromatic carbocycles. The van der Waals surface area contributed by atoms with Gasteiger partial charge < -0.3 is 4.90 Å². The van der Waals surface area contributed by atoms with Crippen molar-refractivity contribution in [2.45, 2.75) is 25.4 Å². The molecule has 2 heterocycles. The number of aromatic nitrogens is 1. The van der Waals surface area contributed by atoms with Gasteiger partial charge in [-0.3, -0.25) is 4.90 Å². The molecule has 0 radical (unpaired) electrons. The van der Waals surface area contributed by atoms with E-state index in [0.717, 1.165) is 38.3 Å². The largest absolute Gasteiger partial charge is 0.356 e. The summed E-state index contributed by atoms with van der Waals surface area (Å²) in [5, 5.41) is 9.25. The van der Waals surface area contributed by atoms with Crippen molar-refractivity contribution in [2.24, 2.45) is 0 Å². The number of pyridine rings is 1. The zero-order chi connectivity index (χ0) is 16.1. The van der Waals surface area contributed by atoms with Gasteiger partial charge in [0.05, 0.1) is 5.56 Å². The minimum absolute atomic E-state index is 0.448. The van der Waals surface area contributed by atoms with Crippen LogP contribution in [0.1, 0.15) is 24.0 Å². The molecule has 1 aliphatic rings. The highest BCUT2D eigenvalue weighted by Crippen LogP contribution is 2.23. The molecule has 1 aromatic heterocycles. The number of hydrogen-bond donors (Lipinski definition) is 0. The van der Waals surface area contributed by atoms with Crippen molar-refractivity contribution >= 4 is 5.82 Å². The maximum atomic E-state index is 9.25. The van der Waals surface area contributed by atoms with Crippen LogP contribution in [0.15, 0.2) is 48.7 Å². The molecule has 0 atom stereocenters. The van der Waals surface area contributed by atoms with Gasteiger partial charge in [0, 0.05) is 38.9 Å². The molecule has 0 N–H and O–H groups in total. The Labute approximate surface area is 138 Å². The molecule has 0 amide bonds. The van der Waals surface area contributed by atoms with Crippen LogP contribution in [-0.2, 0) is 6.54 Å². The van der Waals surface area contributed by atoms with E-state index in [0.29, 0.717) is 11.6 Å². The second kappa shape index (κ2) is 7.26. The predicted octanol–water partition coefficient (Wildman–Crippen LogP) is 3.05. The summed E-state index contributed by atoms with van der Waals surface area (Å²) in [7, 11) is 2.06. The number of piperidine rings is 1. The van der Waals surface area contributed by atoms with Crippen molar-refractivity contribution in [2.75, 3.05) is 25.0 Å². The summed E-state index contributed by atoms with van der Waals surface area (Å²) >= 11 is 0. The quantitative estimate of drug-likeness (QED) is 0.871. The van der Waals surface area contributed by atoms with Crippen LogP contribution in [0.2, 0.25) is 0 Å². The molecule has 1 aliphatic heterocycles. The third-order valence-corrected chi connectivity index (χ3v) is 4.60. The number of anilines is 1. The molecule has 3 rings (SSSR count). The van der Waals surface area contributed by atoms with E-state index in [1.165, 1.54) is 5.56 Å². The molecule has 118 valence electrons. The highest BCUT2D eigenvalue weighted by Gasteiger charge is 2.24. The number of nitriles is 1. The highest BCUT2D eigenvalue weighted by molar-refractivity contribution is 5.53. The van der Waals surface area contributed by atoms with Gasteiger partial charge >= 0.3 is 0 Å². The number of nitrogens with zero attached hydrogens (tertiary/aromatic N) is 4. The third-order valence-electron chi connectivity index (χ3n) is 4.60. The van der Waals surface area contributed by atoms with Gasteiger partial charge in [-0.1, -0.05) is 30.3 Å². The molecule has 4 nitrogen and oxygen atoms in total. The third kappa shape index (κ3) is 3.69. The predicted molar refractivity (Wildman–Crippen MR) is 92.1 cm³/mol. The van der Waals surface area contributed by atoms with Crippen LogP contribution >= 0.6 is 0 Å². The van der Waals surface area contributed by atoms with Crippen LogP contribution in [0.25, 0.3) is 0 Å². The molecule has 1 saturated heterocycles. The summed E-state index contributed by atoms with van der Waals surface area (Å²) in [6.07, 6.45) is 3.97. The van der Waals surface area contributed by atoms with Gasteiger partial charge in [0.2, 0.25) is 0 Å². The summed E-state index contributed by atoms with van der Waals surface area (Å²) in [6.45, 7) is 3.18. The lowest BCUT2D eigenvalue weighted by Gasteiger charge is -2.37. The average Bonchev–Trinajstić information content (AvgIpc) is 2.62. The average molecular weight is 306 g/mol. The van der Waals surface area contributed by atoms with E-state index >= 15 is 0 Å². The van der Waals surface area contributed by atoms with Crippen molar-refractivity contribution < 1.29 is 0 Å². The fourth-order valence-corrected chi connectivity index (χ4v) is 3.24. The van der Waals surface area contributed by atoms with Gasteiger partial charge in [-0.25, -0.2) is 4.98 Å². The van der Waals surface area contributed by atoms with E-state index in [1.807, 2.05) is 12.1 Å². The van der Waals surface area contributed by atoms with E-state index in [1.54, 1.807) is 6.20 Å². The van der Waals surface area contributed by atoms with Crippen molar-refractivity contribution in [3.8, 4) is 6.07 Å². The van der Waals surface area contributed by atoms with Gasteiger partial charge in [0.1, 0.15) is 11.9 Å². The fraction of sp³-hybridized carbons (Fsp3) is 0.368. The van der Waals surface area contributed by atoms with Crippen molar-refractivity contribution in [1.29, 1.82) is 5.26 Å². The van der Waals surface area contributed by atoms with Gasteiger partial charge in [0.25, 0.3) is 0 Å². The lowest BCUT2D eigenvalue weighted by Crippen LogP contribution is -2.43. The Kier molecular flexibility index (Phi) is 4.89. The Bertz CT molecular complexity index is 669. The maximum Gasteiger partial charge on any atom is 0.146 e. The normalized spacial score (nSPS) is 16.0. The summed E-state index contributed by atoms with van der Waals surface area (Å²) in [5.41, 5.74) is 2.03. The molecular weight excluding hydrogens is 284 g/mol. The first-order chi connectivity index (χ1) is 11.3. The molecule has 2 aromatic rings. The Hall–Kier alpha value is -2.38. The Morgan fingerprint density at radius 3 is 2.61 bits per heavy atom. The first-order valence-corrected chi connectivity index (χ1v) is 8.12. The van der Waals surface area contributed by atoms with Crippen LogP contribution in [0.4, 0.5) is 5.82 Å². The van der Waals surface area contributed by atoms with Crippen LogP contribution < -0.4 is 4.90 Å². The zero-order valence-electron chi connectivity index (χ0n) is 13.5. The van der Waals surface area contributed by atoms with Crippen LogP contribution in [-0.4, -0.2) is 36.1 Å². The van der Waals surface area contributed by atoms with E-state index in [4.69, 9.17) is 0 Å². The number of rotatable bonds is 4. The molecule has 0 aliphatic carbocycles. The zero-order valence-corrected chi connectivity index (χ0v) is 13.5. The molecular formula is C19H22N4. The van der Waals surface area contributed by atoms with E-state index < -0.39 is 0 Å². The molecule has 1 fully saturated rings. The Morgan fingerprint density at radius 2 is 1.91 bits per heavy atom. The summed E-state index contributed by atoms with van der Waals surface area (Å²) in [5.74, 6) is 0.802. The van der Waals surface area contributed by atoms with E-state index in [9.17, 15) is 5.26 Å². The smallest absolute Gasteiger partial charge is 0.146 e. The van der Waals surface area contributed by atoms with Gasteiger partial charge in [-0.05, 0) is 30.5 Å². The van der Waals surface area contributed by atoms with Crippen LogP contribution in [0, 0.1) is 11.3 Å². The monoisotopic (exact) mass is 306 g/mol. The summed E-state index contributed by atoms with van der Waals surface area (Å²) < 4.78 is 0. The summed E-state index contributed by atoms with van der Waals surface area (Å²) in [6, 6.07) is 17.0. The lowest BCUT2D eigenvalue weighted by atomic mass is 10.0. The minimum Gasteiger partial charge on any atom is -0.356 e. The van der Waals surface area contributed by atoms with Crippen molar-refractivity contribution in [1.82, 2.24) is 9.88 Å². The Morgan fingerprint density at radius 1 is 1.17 bits per heavy atom. The van der Waals surface area contributed by atoms with Crippen LogP contribution in [0.5, 0.6) is 0 Å². The topological polar surface area (TPSA) is 43.2 Å². The molecule has 23 heavy (non-hydrogen) atoms. The van der Waals surface area contributed by atoms with E-state index in [2.05, 4.69) is 58.2 Å². The van der Waals surface area contributed by atoms with Gasteiger partial charge in [-0.2, -0.15) is 5.26 Å². The molecule has 4 heteroatoms.